The third kappa shape index (κ3) is 4.27. The Balaban J connectivity index is 1.58. The smallest absolute Gasteiger partial charge is 0.201 e. The number of benzene rings is 1. The lowest BCUT2D eigenvalue weighted by Crippen LogP contribution is -2.23. The fourth-order valence-corrected chi connectivity index (χ4v) is 4.78. The number of methoxy groups -OCH3 is 1. The van der Waals surface area contributed by atoms with E-state index in [-0.39, 0.29) is 12.4 Å². The molecule has 0 aromatic heterocycles. The van der Waals surface area contributed by atoms with Gasteiger partial charge in [0.2, 0.25) is 5.82 Å². The molecule has 0 heterocycles. The van der Waals surface area contributed by atoms with Gasteiger partial charge in [-0.3, -0.25) is 4.39 Å². The van der Waals surface area contributed by atoms with Gasteiger partial charge in [-0.1, -0.05) is 18.9 Å². The second kappa shape index (κ2) is 8.96. The van der Waals surface area contributed by atoms with Gasteiger partial charge in [-0.2, -0.15) is 4.39 Å². The van der Waals surface area contributed by atoms with Crippen molar-refractivity contribution in [3.63, 3.8) is 0 Å². The molecule has 1 fully saturated rings. The summed E-state index contributed by atoms with van der Waals surface area (Å²) in [5.74, 6) is 0.319. The van der Waals surface area contributed by atoms with E-state index in [2.05, 4.69) is 6.08 Å². The standard InChI is InChI=1S/C22H29F3O/c1-26-20-13-12-19(21(24)22(20)25)18-10-8-17(9-11-18)16-6-4-15(5-7-16)3-2-14-23/h10,12-13,15-17H,2-9,11,14H2,1H3. The molecular formula is C22H29F3O. The van der Waals surface area contributed by atoms with Crippen LogP contribution >= 0.6 is 0 Å². The zero-order valence-corrected chi connectivity index (χ0v) is 15.6. The van der Waals surface area contributed by atoms with Crippen LogP contribution in [0.15, 0.2) is 18.2 Å². The predicted octanol–water partition coefficient (Wildman–Crippen LogP) is 6.71. The minimum atomic E-state index is -0.903. The SMILES string of the molecule is COc1ccc(C2=CCC(C3CCC(CCCF)CC3)CC2)c(F)c1F. The monoisotopic (exact) mass is 366 g/mol. The lowest BCUT2D eigenvalue weighted by atomic mass is 9.70. The van der Waals surface area contributed by atoms with E-state index in [0.717, 1.165) is 37.2 Å². The molecule has 0 bridgehead atoms. The lowest BCUT2D eigenvalue weighted by molar-refractivity contribution is 0.186. The zero-order valence-electron chi connectivity index (χ0n) is 15.6. The van der Waals surface area contributed by atoms with Crippen molar-refractivity contribution in [3.8, 4) is 5.75 Å². The first-order valence-corrected chi connectivity index (χ1v) is 9.91. The van der Waals surface area contributed by atoms with Crippen LogP contribution in [0.5, 0.6) is 5.75 Å². The van der Waals surface area contributed by atoms with Gasteiger partial charge in [-0.05, 0) is 80.4 Å². The summed E-state index contributed by atoms with van der Waals surface area (Å²) >= 11 is 0. The Bertz CT molecular complexity index is 633. The van der Waals surface area contributed by atoms with E-state index in [1.165, 1.54) is 38.9 Å². The molecule has 2 aliphatic carbocycles. The van der Waals surface area contributed by atoms with Crippen LogP contribution in [0.4, 0.5) is 13.2 Å². The third-order valence-corrected chi connectivity index (χ3v) is 6.37. The molecule has 0 saturated heterocycles. The van der Waals surface area contributed by atoms with Crippen LogP contribution < -0.4 is 4.74 Å². The van der Waals surface area contributed by atoms with Crippen LogP contribution in [0.3, 0.4) is 0 Å². The Labute approximate surface area is 154 Å². The highest BCUT2D eigenvalue weighted by molar-refractivity contribution is 5.67. The highest BCUT2D eigenvalue weighted by Crippen LogP contribution is 2.42. The van der Waals surface area contributed by atoms with E-state index in [0.29, 0.717) is 23.8 Å². The molecule has 1 aromatic carbocycles. The first-order chi connectivity index (χ1) is 12.6. The molecule has 0 amide bonds. The summed E-state index contributed by atoms with van der Waals surface area (Å²) in [7, 11) is 1.34. The molecule has 2 aliphatic rings. The predicted molar refractivity (Wildman–Crippen MR) is 98.9 cm³/mol. The van der Waals surface area contributed by atoms with Gasteiger partial charge in [0.25, 0.3) is 0 Å². The van der Waals surface area contributed by atoms with E-state index in [4.69, 9.17) is 4.74 Å². The van der Waals surface area contributed by atoms with Crippen molar-refractivity contribution in [2.75, 3.05) is 13.8 Å². The fourth-order valence-electron chi connectivity index (χ4n) is 4.78. The minimum absolute atomic E-state index is 0.0509. The highest BCUT2D eigenvalue weighted by atomic mass is 19.2. The summed E-state index contributed by atoms with van der Waals surface area (Å²) in [6.45, 7) is -0.196. The number of ether oxygens (including phenoxy) is 1. The van der Waals surface area contributed by atoms with Gasteiger partial charge in [-0.25, -0.2) is 4.39 Å². The normalized spacial score (nSPS) is 26.5. The quantitative estimate of drug-likeness (QED) is 0.543. The molecule has 1 aromatic rings. The molecule has 1 atom stereocenters. The molecule has 0 spiro atoms. The van der Waals surface area contributed by atoms with Crippen molar-refractivity contribution in [2.24, 2.45) is 17.8 Å². The van der Waals surface area contributed by atoms with E-state index in [9.17, 15) is 13.2 Å². The largest absolute Gasteiger partial charge is 0.494 e. The number of halogens is 3. The van der Waals surface area contributed by atoms with Gasteiger partial charge < -0.3 is 4.74 Å². The van der Waals surface area contributed by atoms with Crippen LogP contribution in [0.25, 0.3) is 5.57 Å². The summed E-state index contributed by atoms with van der Waals surface area (Å²) in [5.41, 5.74) is 1.29. The molecule has 1 unspecified atom stereocenters. The van der Waals surface area contributed by atoms with Crippen molar-refractivity contribution in [1.29, 1.82) is 0 Å². The zero-order chi connectivity index (χ0) is 18.5. The van der Waals surface area contributed by atoms with Crippen molar-refractivity contribution >= 4 is 5.57 Å². The second-order valence-electron chi connectivity index (χ2n) is 7.82. The Morgan fingerprint density at radius 1 is 1.00 bits per heavy atom. The maximum atomic E-state index is 14.3. The second-order valence-corrected chi connectivity index (χ2v) is 7.82. The molecule has 0 radical (unpaired) electrons. The van der Waals surface area contributed by atoms with Gasteiger partial charge in [-0.15, -0.1) is 0 Å². The van der Waals surface area contributed by atoms with Crippen LogP contribution in [-0.2, 0) is 0 Å². The number of rotatable bonds is 6. The van der Waals surface area contributed by atoms with E-state index >= 15 is 0 Å². The van der Waals surface area contributed by atoms with Gasteiger partial charge in [0.05, 0.1) is 13.8 Å². The number of hydrogen-bond acceptors (Lipinski definition) is 1. The number of alkyl halides is 1. The summed E-state index contributed by atoms with van der Waals surface area (Å²) in [4.78, 5) is 0. The fraction of sp³-hybridized carbons (Fsp3) is 0.636. The first kappa shape index (κ1) is 19.3. The van der Waals surface area contributed by atoms with Gasteiger partial charge in [0.15, 0.2) is 11.6 Å². The summed E-state index contributed by atoms with van der Waals surface area (Å²) < 4.78 is 45.4. The molecule has 4 heteroatoms. The van der Waals surface area contributed by atoms with Gasteiger partial charge >= 0.3 is 0 Å². The van der Waals surface area contributed by atoms with Crippen molar-refractivity contribution in [2.45, 2.75) is 57.8 Å². The average molecular weight is 366 g/mol. The molecule has 0 aliphatic heterocycles. The topological polar surface area (TPSA) is 9.23 Å². The van der Waals surface area contributed by atoms with Gasteiger partial charge in [0, 0.05) is 5.56 Å². The third-order valence-electron chi connectivity index (χ3n) is 6.37. The molecule has 0 N–H and O–H groups in total. The van der Waals surface area contributed by atoms with Crippen LogP contribution in [0.2, 0.25) is 0 Å². The number of hydrogen-bond donors (Lipinski definition) is 0. The summed E-state index contributed by atoms with van der Waals surface area (Å²) in [6.07, 6.45) is 11.5. The first-order valence-electron chi connectivity index (χ1n) is 9.91. The average Bonchev–Trinajstić information content (AvgIpc) is 2.69. The molecule has 3 rings (SSSR count). The Morgan fingerprint density at radius 2 is 1.77 bits per heavy atom. The van der Waals surface area contributed by atoms with Crippen molar-refractivity contribution in [3.05, 3.63) is 35.4 Å². The lowest BCUT2D eigenvalue weighted by Gasteiger charge is -2.35. The van der Waals surface area contributed by atoms with Crippen LogP contribution in [-0.4, -0.2) is 13.8 Å². The summed E-state index contributed by atoms with van der Waals surface area (Å²) in [6, 6.07) is 3.12. The maximum Gasteiger partial charge on any atom is 0.201 e. The Hall–Kier alpha value is -1.45. The molecule has 144 valence electrons. The van der Waals surface area contributed by atoms with Crippen LogP contribution in [0, 0.1) is 29.4 Å². The van der Waals surface area contributed by atoms with Crippen LogP contribution in [0.1, 0.15) is 63.4 Å². The van der Waals surface area contributed by atoms with E-state index in [1.54, 1.807) is 6.07 Å². The Morgan fingerprint density at radius 3 is 2.38 bits per heavy atom. The maximum absolute atomic E-state index is 14.3. The highest BCUT2D eigenvalue weighted by Gasteiger charge is 2.29. The van der Waals surface area contributed by atoms with E-state index in [1.807, 2.05) is 0 Å². The Kier molecular flexibility index (Phi) is 6.66. The van der Waals surface area contributed by atoms with E-state index < -0.39 is 11.6 Å². The van der Waals surface area contributed by atoms with Crippen molar-refractivity contribution in [1.82, 2.24) is 0 Å². The molecule has 1 nitrogen and oxygen atoms in total. The molecule has 26 heavy (non-hydrogen) atoms. The summed E-state index contributed by atoms with van der Waals surface area (Å²) in [5, 5.41) is 0. The van der Waals surface area contributed by atoms with Gasteiger partial charge in [0.1, 0.15) is 0 Å². The minimum Gasteiger partial charge on any atom is -0.494 e. The number of allylic oxidation sites excluding steroid dienone is 2. The van der Waals surface area contributed by atoms with Crippen molar-refractivity contribution < 1.29 is 17.9 Å². The molecular weight excluding hydrogens is 337 g/mol. The molecule has 1 saturated carbocycles.